The van der Waals surface area contributed by atoms with E-state index in [0.717, 1.165) is 31.3 Å². The van der Waals surface area contributed by atoms with E-state index in [4.69, 9.17) is 4.42 Å². The van der Waals surface area contributed by atoms with Crippen LogP contribution in [0.3, 0.4) is 0 Å². The Morgan fingerprint density at radius 3 is 2.85 bits per heavy atom. The van der Waals surface area contributed by atoms with Crippen LogP contribution in [0, 0.1) is 0 Å². The number of nitrogens with zero attached hydrogens (tertiary/aromatic N) is 1. The van der Waals surface area contributed by atoms with Crippen molar-refractivity contribution in [3.8, 4) is 0 Å². The van der Waals surface area contributed by atoms with Gasteiger partial charge in [0, 0.05) is 30.7 Å². The third-order valence-electron chi connectivity index (χ3n) is 4.76. The van der Waals surface area contributed by atoms with E-state index in [2.05, 4.69) is 34.5 Å². The second-order valence-electron chi connectivity index (χ2n) is 6.46. The zero-order valence-electron chi connectivity index (χ0n) is 14.4. The number of hydrogen-bond acceptors (Lipinski definition) is 4. The van der Waals surface area contributed by atoms with Crippen molar-refractivity contribution in [3.05, 3.63) is 76.1 Å². The highest BCUT2D eigenvalue weighted by atomic mass is 16.4. The van der Waals surface area contributed by atoms with Gasteiger partial charge in [-0.2, -0.15) is 0 Å². The molecule has 5 nitrogen and oxygen atoms in total. The number of fused-ring (bicyclic) bond motifs is 2. The molecule has 3 aromatic rings. The minimum atomic E-state index is -0.602. The molecule has 4 rings (SSSR count). The van der Waals surface area contributed by atoms with Gasteiger partial charge in [-0.25, -0.2) is 4.79 Å². The topological polar surface area (TPSA) is 62.6 Å². The standard InChI is InChI=1S/C21H20N2O3/c24-20(17-14-16-7-2-4-9-19(16)26-21(17)25)22-11-5-12-23-13-10-15-6-1-3-8-18(15)23/h1-4,6-9,14H,5,10-13H2,(H,22,24). The highest BCUT2D eigenvalue weighted by molar-refractivity contribution is 5.96. The van der Waals surface area contributed by atoms with Gasteiger partial charge in [0.05, 0.1) is 0 Å². The zero-order valence-corrected chi connectivity index (χ0v) is 14.4. The highest BCUT2D eigenvalue weighted by Gasteiger charge is 2.18. The Hall–Kier alpha value is -3.08. The maximum atomic E-state index is 12.3. The summed E-state index contributed by atoms with van der Waals surface area (Å²) in [6.45, 7) is 2.41. The lowest BCUT2D eigenvalue weighted by Gasteiger charge is -2.19. The summed E-state index contributed by atoms with van der Waals surface area (Å²) in [5.74, 6) is -0.383. The molecule has 132 valence electrons. The van der Waals surface area contributed by atoms with Crippen LogP contribution in [0.2, 0.25) is 0 Å². The fourth-order valence-electron chi connectivity index (χ4n) is 3.43. The van der Waals surface area contributed by atoms with Crippen molar-refractivity contribution in [1.82, 2.24) is 5.32 Å². The van der Waals surface area contributed by atoms with Gasteiger partial charge in [-0.05, 0) is 36.6 Å². The molecular weight excluding hydrogens is 328 g/mol. The van der Waals surface area contributed by atoms with E-state index in [9.17, 15) is 9.59 Å². The van der Waals surface area contributed by atoms with E-state index in [1.807, 2.05) is 12.1 Å². The number of benzene rings is 2. The molecule has 0 bridgehead atoms. The molecule has 0 aliphatic carbocycles. The van der Waals surface area contributed by atoms with Gasteiger partial charge in [-0.3, -0.25) is 4.79 Å². The average molecular weight is 348 g/mol. The quantitative estimate of drug-likeness (QED) is 0.569. The Morgan fingerprint density at radius 1 is 1.12 bits per heavy atom. The van der Waals surface area contributed by atoms with E-state index < -0.39 is 5.63 Å². The first-order valence-corrected chi connectivity index (χ1v) is 8.86. The Bertz CT molecular complexity index is 1010. The summed E-state index contributed by atoms with van der Waals surface area (Å²) in [5, 5.41) is 3.57. The van der Waals surface area contributed by atoms with Crippen molar-refractivity contribution in [3.63, 3.8) is 0 Å². The summed E-state index contributed by atoms with van der Waals surface area (Å²) >= 11 is 0. The Morgan fingerprint density at radius 2 is 1.92 bits per heavy atom. The van der Waals surface area contributed by atoms with Crippen molar-refractivity contribution < 1.29 is 9.21 Å². The number of amides is 1. The third-order valence-corrected chi connectivity index (χ3v) is 4.76. The minimum Gasteiger partial charge on any atom is -0.422 e. The number of carbonyl (C=O) groups excluding carboxylic acids is 1. The number of anilines is 1. The van der Waals surface area contributed by atoms with Crippen LogP contribution in [0.5, 0.6) is 0 Å². The lowest BCUT2D eigenvalue weighted by Crippen LogP contribution is -2.31. The van der Waals surface area contributed by atoms with Crippen LogP contribution in [-0.2, 0) is 6.42 Å². The first kappa shape index (κ1) is 16.4. The van der Waals surface area contributed by atoms with Crippen LogP contribution in [0.25, 0.3) is 11.0 Å². The molecule has 1 N–H and O–H groups in total. The summed E-state index contributed by atoms with van der Waals surface area (Å²) in [6, 6.07) is 17.2. The Kier molecular flexibility index (Phi) is 4.44. The molecule has 1 aromatic heterocycles. The van der Waals surface area contributed by atoms with Gasteiger partial charge in [-0.15, -0.1) is 0 Å². The van der Waals surface area contributed by atoms with Gasteiger partial charge >= 0.3 is 5.63 Å². The number of nitrogens with one attached hydrogen (secondary N) is 1. The number of rotatable bonds is 5. The Labute approximate surface area is 151 Å². The molecule has 0 fully saturated rings. The molecule has 0 spiro atoms. The summed E-state index contributed by atoms with van der Waals surface area (Å²) in [7, 11) is 0. The van der Waals surface area contributed by atoms with Crippen molar-refractivity contribution in [2.75, 3.05) is 24.5 Å². The molecule has 0 saturated heterocycles. The predicted molar refractivity (Wildman–Crippen MR) is 102 cm³/mol. The van der Waals surface area contributed by atoms with Crippen molar-refractivity contribution in [2.45, 2.75) is 12.8 Å². The molecule has 5 heteroatoms. The van der Waals surface area contributed by atoms with Crippen LogP contribution in [0.15, 0.2) is 63.8 Å². The van der Waals surface area contributed by atoms with E-state index >= 15 is 0 Å². The van der Waals surface area contributed by atoms with Gasteiger partial charge in [0.2, 0.25) is 0 Å². The predicted octanol–water partition coefficient (Wildman–Crippen LogP) is 2.98. The van der Waals surface area contributed by atoms with Gasteiger partial charge in [0.1, 0.15) is 11.1 Å². The van der Waals surface area contributed by atoms with E-state index in [0.29, 0.717) is 12.1 Å². The Balaban J connectivity index is 1.35. The van der Waals surface area contributed by atoms with Crippen LogP contribution in [-0.4, -0.2) is 25.5 Å². The van der Waals surface area contributed by atoms with Crippen molar-refractivity contribution in [1.29, 1.82) is 0 Å². The largest absolute Gasteiger partial charge is 0.422 e. The molecule has 0 atom stereocenters. The summed E-state index contributed by atoms with van der Waals surface area (Å²) in [5.41, 5.74) is 2.60. The first-order valence-electron chi connectivity index (χ1n) is 8.86. The van der Waals surface area contributed by atoms with Gasteiger partial charge in [0.25, 0.3) is 5.91 Å². The van der Waals surface area contributed by atoms with Crippen molar-refractivity contribution >= 4 is 22.6 Å². The lowest BCUT2D eigenvalue weighted by atomic mass is 10.2. The van der Waals surface area contributed by atoms with Gasteiger partial charge in [-0.1, -0.05) is 36.4 Å². The fourth-order valence-corrected chi connectivity index (χ4v) is 3.43. The monoisotopic (exact) mass is 348 g/mol. The first-order chi connectivity index (χ1) is 12.7. The number of carbonyl (C=O) groups is 1. The van der Waals surface area contributed by atoms with Gasteiger partial charge in [0.15, 0.2) is 0 Å². The number of para-hydroxylation sites is 2. The third kappa shape index (κ3) is 3.20. The maximum Gasteiger partial charge on any atom is 0.349 e. The molecular formula is C21H20N2O3. The lowest BCUT2D eigenvalue weighted by molar-refractivity contribution is 0.0950. The van der Waals surface area contributed by atoms with Crippen LogP contribution >= 0.6 is 0 Å². The molecule has 2 heterocycles. The smallest absolute Gasteiger partial charge is 0.349 e. The SMILES string of the molecule is O=C(NCCCN1CCc2ccccc21)c1cc2ccccc2oc1=O. The van der Waals surface area contributed by atoms with Crippen LogP contribution < -0.4 is 15.8 Å². The normalized spacial score (nSPS) is 13.0. The second-order valence-corrected chi connectivity index (χ2v) is 6.46. The summed E-state index contributed by atoms with van der Waals surface area (Å²) in [6.07, 6.45) is 1.89. The zero-order chi connectivity index (χ0) is 17.9. The van der Waals surface area contributed by atoms with Crippen LogP contribution in [0.4, 0.5) is 5.69 Å². The molecule has 26 heavy (non-hydrogen) atoms. The molecule has 2 aromatic carbocycles. The van der Waals surface area contributed by atoms with Gasteiger partial charge < -0.3 is 14.6 Å². The molecule has 0 radical (unpaired) electrons. The molecule has 0 saturated carbocycles. The van der Waals surface area contributed by atoms with E-state index in [1.54, 1.807) is 18.2 Å². The number of hydrogen-bond donors (Lipinski definition) is 1. The molecule has 1 aliphatic rings. The van der Waals surface area contributed by atoms with Crippen LogP contribution in [0.1, 0.15) is 22.3 Å². The highest BCUT2D eigenvalue weighted by Crippen LogP contribution is 2.27. The van der Waals surface area contributed by atoms with E-state index in [-0.39, 0.29) is 11.5 Å². The average Bonchev–Trinajstić information content (AvgIpc) is 3.07. The molecule has 1 aliphatic heterocycles. The minimum absolute atomic E-state index is 0.0511. The second kappa shape index (κ2) is 7.04. The summed E-state index contributed by atoms with van der Waals surface area (Å²) in [4.78, 5) is 26.7. The maximum absolute atomic E-state index is 12.3. The molecule has 0 unspecified atom stereocenters. The fraction of sp³-hybridized carbons (Fsp3) is 0.238. The molecule has 1 amide bonds. The van der Waals surface area contributed by atoms with Crippen molar-refractivity contribution in [2.24, 2.45) is 0 Å². The summed E-state index contributed by atoms with van der Waals surface area (Å²) < 4.78 is 5.22. The van der Waals surface area contributed by atoms with E-state index in [1.165, 1.54) is 11.3 Å².